The van der Waals surface area contributed by atoms with Gasteiger partial charge in [0.2, 0.25) is 5.88 Å². The minimum Gasteiger partial charge on any atom is -0.506 e. The largest absolute Gasteiger partial charge is 0.506 e. The highest BCUT2D eigenvalue weighted by atomic mass is 32.2. The lowest BCUT2D eigenvalue weighted by atomic mass is 10.1. The fourth-order valence-electron chi connectivity index (χ4n) is 2.11. The number of hydrogen-bond donors (Lipinski definition) is 3. The highest BCUT2D eigenvalue weighted by Crippen LogP contribution is 2.35. The van der Waals surface area contributed by atoms with E-state index < -0.39 is 16.1 Å². The third-order valence-corrected chi connectivity index (χ3v) is 4.34. The maximum atomic E-state index is 11.8. The molecule has 1 heterocycles. The average molecular weight is 304 g/mol. The number of nitrogens with one attached hydrogen (secondary N) is 1. The molecular formula is C14H12N2O4S. The molecule has 0 unspecified atom stereocenters. The Kier molecular flexibility index (Phi) is 2.99. The molecule has 3 rings (SSSR count). The van der Waals surface area contributed by atoms with Crippen LogP contribution in [0.3, 0.4) is 0 Å². The van der Waals surface area contributed by atoms with Gasteiger partial charge in [-0.3, -0.25) is 0 Å². The van der Waals surface area contributed by atoms with Gasteiger partial charge in [-0.2, -0.15) is 8.42 Å². The molecule has 0 amide bonds. The first-order valence-electron chi connectivity index (χ1n) is 6.09. The van der Waals surface area contributed by atoms with Crippen LogP contribution in [0.25, 0.3) is 11.1 Å². The van der Waals surface area contributed by atoms with E-state index in [9.17, 15) is 18.6 Å². The molecule has 0 saturated carbocycles. The molecule has 0 aliphatic carbocycles. The van der Waals surface area contributed by atoms with Crippen molar-refractivity contribution in [3.8, 4) is 16.9 Å². The summed E-state index contributed by atoms with van der Waals surface area (Å²) in [5, 5.41) is 19.4. The number of phenolic OH excluding ortho intramolecular Hbond substituents is 1. The Bertz CT molecular complexity index is 816. The lowest BCUT2D eigenvalue weighted by Gasteiger charge is -2.16. The third kappa shape index (κ3) is 2.38. The summed E-state index contributed by atoms with van der Waals surface area (Å²) in [6.45, 7) is 0. The van der Waals surface area contributed by atoms with E-state index in [1.165, 1.54) is 12.1 Å². The number of rotatable bonds is 2. The second-order valence-electron chi connectivity index (χ2n) is 4.49. The number of nitrogens with zero attached hydrogens (tertiary/aromatic N) is 1. The number of aromatic hydroxyl groups is 1. The highest BCUT2D eigenvalue weighted by Gasteiger charge is 2.30. The predicted molar refractivity (Wildman–Crippen MR) is 78.8 cm³/mol. The minimum atomic E-state index is -3.91. The molecule has 7 heteroatoms. The lowest BCUT2D eigenvalue weighted by Crippen LogP contribution is -2.29. The Morgan fingerprint density at radius 1 is 0.952 bits per heavy atom. The third-order valence-electron chi connectivity index (χ3n) is 3.05. The van der Waals surface area contributed by atoms with Gasteiger partial charge in [-0.25, -0.2) is 9.03 Å². The molecule has 21 heavy (non-hydrogen) atoms. The molecule has 1 aliphatic rings. The van der Waals surface area contributed by atoms with Gasteiger partial charge in [-0.15, -0.1) is 0 Å². The number of benzene rings is 2. The zero-order valence-corrected chi connectivity index (χ0v) is 11.6. The zero-order chi connectivity index (χ0) is 15.0. The van der Waals surface area contributed by atoms with E-state index in [1.807, 2.05) is 35.1 Å². The van der Waals surface area contributed by atoms with Crippen molar-refractivity contribution in [3.63, 3.8) is 0 Å². The quantitative estimate of drug-likeness (QED) is 0.792. The first kappa shape index (κ1) is 13.3. The first-order chi connectivity index (χ1) is 9.97. The van der Waals surface area contributed by atoms with E-state index in [2.05, 4.69) is 0 Å². The second-order valence-corrected chi connectivity index (χ2v) is 6.03. The molecule has 0 bridgehead atoms. The number of phenols is 1. The van der Waals surface area contributed by atoms with Crippen molar-refractivity contribution in [2.24, 2.45) is 0 Å². The van der Waals surface area contributed by atoms with E-state index in [0.29, 0.717) is 0 Å². The molecule has 0 atom stereocenters. The van der Waals surface area contributed by atoms with Gasteiger partial charge in [0.05, 0.1) is 6.20 Å². The summed E-state index contributed by atoms with van der Waals surface area (Å²) in [5.41, 5.74) is 1.72. The van der Waals surface area contributed by atoms with Crippen molar-refractivity contribution in [2.45, 2.75) is 0 Å². The molecule has 2 aromatic carbocycles. The standard InChI is InChI=1S/C14H12N2O4S/c17-13-8-11(10-4-2-1-3-5-10)6-7-12(13)16-9-14(18)15-21(16,19)20/h1-9,15,17-18H. The van der Waals surface area contributed by atoms with Gasteiger partial charge in [-0.05, 0) is 23.3 Å². The molecular weight excluding hydrogens is 292 g/mol. The van der Waals surface area contributed by atoms with E-state index in [-0.39, 0.29) is 11.4 Å². The van der Waals surface area contributed by atoms with Crippen molar-refractivity contribution in [2.75, 3.05) is 4.31 Å². The van der Waals surface area contributed by atoms with Crippen LogP contribution >= 0.6 is 0 Å². The molecule has 1 aliphatic heterocycles. The molecule has 108 valence electrons. The fraction of sp³-hybridized carbons (Fsp3) is 0. The monoisotopic (exact) mass is 304 g/mol. The Hall–Kier alpha value is -2.67. The van der Waals surface area contributed by atoms with Gasteiger partial charge in [0.15, 0.2) is 0 Å². The molecule has 0 spiro atoms. The summed E-state index contributed by atoms with van der Waals surface area (Å²) in [4.78, 5) is 0. The highest BCUT2D eigenvalue weighted by molar-refractivity contribution is 7.91. The van der Waals surface area contributed by atoms with E-state index in [0.717, 1.165) is 21.6 Å². The van der Waals surface area contributed by atoms with Crippen molar-refractivity contribution >= 4 is 15.9 Å². The summed E-state index contributed by atoms with van der Waals surface area (Å²) in [6.07, 6.45) is 0.993. The zero-order valence-electron chi connectivity index (χ0n) is 10.8. The number of hydrogen-bond acceptors (Lipinski definition) is 4. The molecule has 0 radical (unpaired) electrons. The Balaban J connectivity index is 2.04. The van der Waals surface area contributed by atoms with Crippen LogP contribution < -0.4 is 9.03 Å². The van der Waals surface area contributed by atoms with Gasteiger partial charge < -0.3 is 10.2 Å². The average Bonchev–Trinajstić information content (AvgIpc) is 2.72. The number of aliphatic hydroxyl groups is 1. The minimum absolute atomic E-state index is 0.0613. The number of aliphatic hydroxyl groups excluding tert-OH is 1. The van der Waals surface area contributed by atoms with Gasteiger partial charge in [-0.1, -0.05) is 36.4 Å². The van der Waals surface area contributed by atoms with E-state index in [1.54, 1.807) is 6.07 Å². The number of anilines is 1. The van der Waals surface area contributed by atoms with E-state index in [4.69, 9.17) is 0 Å². The van der Waals surface area contributed by atoms with Crippen LogP contribution in [0, 0.1) is 0 Å². The SMILES string of the molecule is O=S1(=O)NC(O)=CN1c1ccc(-c2ccccc2)cc1O. The van der Waals surface area contributed by atoms with Crippen molar-refractivity contribution in [1.29, 1.82) is 0 Å². The molecule has 0 fully saturated rings. The maximum absolute atomic E-state index is 11.8. The van der Waals surface area contributed by atoms with Crippen LogP contribution in [0.15, 0.2) is 60.6 Å². The molecule has 3 N–H and O–H groups in total. The normalized spacial score (nSPS) is 16.4. The van der Waals surface area contributed by atoms with Crippen molar-refractivity contribution < 1.29 is 18.6 Å². The first-order valence-corrected chi connectivity index (χ1v) is 7.53. The summed E-state index contributed by atoms with van der Waals surface area (Å²) in [5.74, 6) is -0.700. The summed E-state index contributed by atoms with van der Waals surface area (Å²) >= 11 is 0. The molecule has 0 aromatic heterocycles. The smallest absolute Gasteiger partial charge is 0.330 e. The Morgan fingerprint density at radius 3 is 2.24 bits per heavy atom. The predicted octanol–water partition coefficient (Wildman–Crippen LogP) is 2.07. The van der Waals surface area contributed by atoms with Gasteiger partial charge in [0.25, 0.3) is 0 Å². The molecule has 2 aromatic rings. The summed E-state index contributed by atoms with van der Waals surface area (Å²) in [7, 11) is -3.91. The van der Waals surface area contributed by atoms with Crippen molar-refractivity contribution in [3.05, 3.63) is 60.6 Å². The van der Waals surface area contributed by atoms with Crippen LogP contribution in [-0.2, 0) is 10.2 Å². The molecule has 0 saturated heterocycles. The van der Waals surface area contributed by atoms with Crippen LogP contribution in [0.4, 0.5) is 5.69 Å². The van der Waals surface area contributed by atoms with Crippen LogP contribution in [-0.4, -0.2) is 18.6 Å². The van der Waals surface area contributed by atoms with Crippen molar-refractivity contribution in [1.82, 2.24) is 4.72 Å². The van der Waals surface area contributed by atoms with Gasteiger partial charge >= 0.3 is 10.2 Å². The summed E-state index contributed by atoms with van der Waals surface area (Å²) in [6, 6.07) is 14.0. The maximum Gasteiger partial charge on any atom is 0.330 e. The topological polar surface area (TPSA) is 89.9 Å². The Morgan fingerprint density at radius 2 is 1.67 bits per heavy atom. The second kappa shape index (κ2) is 4.71. The molecule has 6 nitrogen and oxygen atoms in total. The van der Waals surface area contributed by atoms with Crippen LogP contribution in [0.5, 0.6) is 5.75 Å². The Labute approximate surface area is 121 Å². The van der Waals surface area contributed by atoms with Crippen LogP contribution in [0.1, 0.15) is 0 Å². The fourth-order valence-corrected chi connectivity index (χ4v) is 3.17. The lowest BCUT2D eigenvalue weighted by molar-refractivity contribution is 0.392. The summed E-state index contributed by atoms with van der Waals surface area (Å²) < 4.78 is 26.2. The van der Waals surface area contributed by atoms with Gasteiger partial charge in [0.1, 0.15) is 11.4 Å². The van der Waals surface area contributed by atoms with Gasteiger partial charge in [0, 0.05) is 0 Å². The van der Waals surface area contributed by atoms with E-state index >= 15 is 0 Å². The van der Waals surface area contributed by atoms with Crippen LogP contribution in [0.2, 0.25) is 0 Å².